The first-order valence-corrected chi connectivity index (χ1v) is 19.5. The Morgan fingerprint density at radius 1 is 0.706 bits per heavy atom. The van der Waals surface area contributed by atoms with Gasteiger partial charge in [-0.05, 0) is 97.9 Å². The molecule has 0 atom stereocenters. The van der Waals surface area contributed by atoms with Crippen molar-refractivity contribution in [3.8, 4) is 0 Å². The van der Waals surface area contributed by atoms with E-state index in [9.17, 15) is 9.59 Å². The maximum Gasteiger partial charge on any atom is 0.252 e. The standard InChI is InChI=1S/C19H27N5O.C18H27N5O.C2H6/c1-23-11-9-16(10-12-23)24-17(25)8-7-14-13-20-19(22-18(14)24)21-15-5-3-2-4-6-15;1-22(2)11-6-12-23-16(24)10-9-14-13-19-18(21-17(14)23)20-15-7-4-3-5-8-15;1-2/h7-8,13,15-16H,2-6,9-12H2,1H3,(H,20,21,22);9-10,13,15H,3-8,11-12H2,1-2H3,(H,19,20,21);1-2H3. The number of hydrogen-bond donors (Lipinski definition) is 2. The van der Waals surface area contributed by atoms with Crippen LogP contribution < -0.4 is 21.8 Å². The smallest absolute Gasteiger partial charge is 0.252 e. The molecule has 0 unspecified atom stereocenters. The summed E-state index contributed by atoms with van der Waals surface area (Å²) in [6.45, 7) is 7.66. The van der Waals surface area contributed by atoms with Gasteiger partial charge >= 0.3 is 0 Å². The van der Waals surface area contributed by atoms with Gasteiger partial charge in [0, 0.05) is 60.0 Å². The van der Waals surface area contributed by atoms with E-state index in [1.54, 1.807) is 16.7 Å². The maximum atomic E-state index is 12.6. The largest absolute Gasteiger partial charge is 0.351 e. The first-order valence-electron chi connectivity index (χ1n) is 19.5. The van der Waals surface area contributed by atoms with Crippen LogP contribution in [0.5, 0.6) is 0 Å². The van der Waals surface area contributed by atoms with E-state index in [1.807, 2.05) is 57.0 Å². The summed E-state index contributed by atoms with van der Waals surface area (Å²) >= 11 is 0. The first-order chi connectivity index (χ1) is 24.8. The van der Waals surface area contributed by atoms with Gasteiger partial charge in [-0.1, -0.05) is 52.4 Å². The third kappa shape index (κ3) is 10.6. The minimum atomic E-state index is 0.00331. The number of fused-ring (bicyclic) bond motifs is 2. The molecule has 1 aliphatic heterocycles. The van der Waals surface area contributed by atoms with Gasteiger partial charge in [0.2, 0.25) is 11.9 Å². The molecule has 4 aromatic rings. The van der Waals surface area contributed by atoms with Gasteiger partial charge < -0.3 is 20.4 Å². The lowest BCUT2D eigenvalue weighted by Crippen LogP contribution is -2.35. The molecule has 12 heteroatoms. The molecule has 12 nitrogen and oxygen atoms in total. The van der Waals surface area contributed by atoms with E-state index in [0.717, 1.165) is 61.0 Å². The average Bonchev–Trinajstić information content (AvgIpc) is 3.15. The average molecular weight is 701 g/mol. The summed E-state index contributed by atoms with van der Waals surface area (Å²) in [7, 11) is 6.22. The summed E-state index contributed by atoms with van der Waals surface area (Å²) in [5.41, 5.74) is 1.55. The number of pyridine rings is 2. The number of aromatic nitrogens is 6. The highest BCUT2D eigenvalue weighted by Gasteiger charge is 2.22. The summed E-state index contributed by atoms with van der Waals surface area (Å²) in [6, 6.07) is 8.04. The molecule has 0 aromatic carbocycles. The molecule has 51 heavy (non-hydrogen) atoms. The Balaban J connectivity index is 0.000000189. The van der Waals surface area contributed by atoms with Crippen LogP contribution in [0.1, 0.15) is 103 Å². The van der Waals surface area contributed by atoms with Crippen LogP contribution in [-0.4, -0.2) is 91.7 Å². The lowest BCUT2D eigenvalue weighted by atomic mass is 9.96. The SMILES string of the molecule is CC.CN(C)CCCn1c(=O)ccc2cnc(NC3CCCCC3)nc21.CN1CCC(n2c(=O)ccc3cnc(NC4CCCCC4)nc32)CC1. The van der Waals surface area contributed by atoms with Crippen molar-refractivity contribution >= 4 is 34.0 Å². The van der Waals surface area contributed by atoms with Crippen molar-refractivity contribution < 1.29 is 0 Å². The van der Waals surface area contributed by atoms with Crippen molar-refractivity contribution in [1.82, 2.24) is 38.9 Å². The van der Waals surface area contributed by atoms with Crippen molar-refractivity contribution in [1.29, 1.82) is 0 Å². The molecule has 0 radical (unpaired) electrons. The van der Waals surface area contributed by atoms with E-state index in [-0.39, 0.29) is 17.2 Å². The van der Waals surface area contributed by atoms with E-state index >= 15 is 0 Å². The molecule has 2 N–H and O–H groups in total. The number of piperidine rings is 1. The minimum absolute atomic E-state index is 0.00331. The Labute approximate surface area is 303 Å². The highest BCUT2D eigenvalue weighted by atomic mass is 16.1. The molecule has 0 spiro atoms. The fourth-order valence-electron chi connectivity index (χ4n) is 7.48. The zero-order valence-electron chi connectivity index (χ0n) is 31.6. The van der Waals surface area contributed by atoms with Crippen molar-refractivity contribution in [2.75, 3.05) is 51.4 Å². The van der Waals surface area contributed by atoms with Crippen LogP contribution in [0.15, 0.2) is 46.2 Å². The molecule has 0 bridgehead atoms. The van der Waals surface area contributed by atoms with Crippen molar-refractivity contribution in [3.63, 3.8) is 0 Å². The van der Waals surface area contributed by atoms with Crippen LogP contribution >= 0.6 is 0 Å². The predicted molar refractivity (Wildman–Crippen MR) is 209 cm³/mol. The van der Waals surface area contributed by atoms with Crippen LogP contribution in [-0.2, 0) is 6.54 Å². The van der Waals surface area contributed by atoms with Crippen LogP contribution in [0.25, 0.3) is 22.1 Å². The molecule has 1 saturated heterocycles. The fraction of sp³-hybridized carbons (Fsp3) is 0.641. The number of anilines is 2. The summed E-state index contributed by atoms with van der Waals surface area (Å²) in [5.74, 6) is 1.30. The number of hydrogen-bond acceptors (Lipinski definition) is 10. The highest BCUT2D eigenvalue weighted by Crippen LogP contribution is 2.25. The zero-order valence-corrected chi connectivity index (χ0v) is 31.6. The molecular formula is C39H60N10O2. The third-order valence-corrected chi connectivity index (χ3v) is 10.3. The lowest BCUT2D eigenvalue weighted by molar-refractivity contribution is 0.221. The normalized spacial score (nSPS) is 17.8. The van der Waals surface area contributed by atoms with Crippen molar-refractivity contribution in [2.45, 2.75) is 122 Å². The lowest BCUT2D eigenvalue weighted by Gasteiger charge is -2.30. The van der Waals surface area contributed by atoms with Crippen LogP contribution in [0.2, 0.25) is 0 Å². The Morgan fingerprint density at radius 3 is 1.76 bits per heavy atom. The Bertz CT molecular complexity index is 1780. The van der Waals surface area contributed by atoms with Gasteiger partial charge in [-0.25, -0.2) is 9.97 Å². The second kappa shape index (κ2) is 19.1. The Hall–Kier alpha value is -3.90. The molecule has 3 aliphatic rings. The summed E-state index contributed by atoms with van der Waals surface area (Å²) in [6.07, 6.45) is 19.0. The number of rotatable bonds is 9. The predicted octanol–water partition coefficient (Wildman–Crippen LogP) is 6.32. The first kappa shape index (κ1) is 38.3. The van der Waals surface area contributed by atoms with Gasteiger partial charge in [0.1, 0.15) is 11.3 Å². The van der Waals surface area contributed by atoms with Gasteiger partial charge in [0.05, 0.1) is 0 Å². The van der Waals surface area contributed by atoms with Crippen molar-refractivity contribution in [3.05, 3.63) is 57.4 Å². The molecule has 2 saturated carbocycles. The zero-order chi connectivity index (χ0) is 36.2. The summed E-state index contributed by atoms with van der Waals surface area (Å²) in [4.78, 5) is 47.6. The van der Waals surface area contributed by atoms with E-state index in [0.29, 0.717) is 30.5 Å². The molecule has 2 aliphatic carbocycles. The highest BCUT2D eigenvalue weighted by molar-refractivity contribution is 5.76. The minimum Gasteiger partial charge on any atom is -0.351 e. The molecule has 0 amide bonds. The van der Waals surface area contributed by atoms with Gasteiger partial charge in [-0.2, -0.15) is 9.97 Å². The number of nitrogens with one attached hydrogen (secondary N) is 2. The molecule has 4 aromatic heterocycles. The second-order valence-corrected chi connectivity index (χ2v) is 14.5. The fourth-order valence-corrected chi connectivity index (χ4v) is 7.48. The van der Waals surface area contributed by atoms with Crippen LogP contribution in [0.4, 0.5) is 11.9 Å². The summed E-state index contributed by atoms with van der Waals surface area (Å²) < 4.78 is 3.67. The molecule has 7 rings (SSSR count). The Morgan fingerprint density at radius 2 is 1.22 bits per heavy atom. The molecule has 278 valence electrons. The second-order valence-electron chi connectivity index (χ2n) is 14.5. The maximum absolute atomic E-state index is 12.6. The summed E-state index contributed by atoms with van der Waals surface area (Å²) in [5, 5.41) is 8.78. The van der Waals surface area contributed by atoms with Gasteiger partial charge in [0.15, 0.2) is 0 Å². The van der Waals surface area contributed by atoms with Gasteiger partial charge in [-0.15, -0.1) is 0 Å². The van der Waals surface area contributed by atoms with E-state index < -0.39 is 0 Å². The number of likely N-dealkylation sites (tertiary alicyclic amines) is 1. The topological polar surface area (TPSA) is 126 Å². The van der Waals surface area contributed by atoms with Crippen LogP contribution in [0, 0.1) is 0 Å². The van der Waals surface area contributed by atoms with E-state index in [4.69, 9.17) is 4.98 Å². The number of aryl methyl sites for hydroxylation is 1. The number of nitrogens with zero attached hydrogens (tertiary/aromatic N) is 8. The van der Waals surface area contributed by atoms with Gasteiger partial charge in [0.25, 0.3) is 11.1 Å². The molecular weight excluding hydrogens is 640 g/mol. The monoisotopic (exact) mass is 700 g/mol. The van der Waals surface area contributed by atoms with E-state index in [1.165, 1.54) is 64.2 Å². The quantitative estimate of drug-likeness (QED) is 0.205. The van der Waals surface area contributed by atoms with Gasteiger partial charge in [-0.3, -0.25) is 18.7 Å². The van der Waals surface area contributed by atoms with E-state index in [2.05, 4.69) is 42.4 Å². The van der Waals surface area contributed by atoms with Crippen LogP contribution in [0.3, 0.4) is 0 Å². The molecule has 3 fully saturated rings. The molecule has 5 heterocycles. The van der Waals surface area contributed by atoms with Crippen molar-refractivity contribution in [2.24, 2.45) is 0 Å². The third-order valence-electron chi connectivity index (χ3n) is 10.3. The Kier molecular flexibility index (Phi) is 14.3.